The van der Waals surface area contributed by atoms with Gasteiger partial charge in [-0.1, -0.05) is 6.07 Å². The van der Waals surface area contributed by atoms with E-state index in [1.807, 2.05) is 25.1 Å². The van der Waals surface area contributed by atoms with Crippen LogP contribution in [-0.4, -0.2) is 46.8 Å². The lowest BCUT2D eigenvalue weighted by Gasteiger charge is -2.11. The van der Waals surface area contributed by atoms with Crippen molar-refractivity contribution < 1.29 is 18.9 Å². The average Bonchev–Trinajstić information content (AvgIpc) is 2.46. The second-order valence-corrected chi connectivity index (χ2v) is 5.40. The number of nitrogens with two attached hydrogens (primary N) is 1. The minimum atomic E-state index is 0.0109. The largest absolute Gasteiger partial charge is 0.490 e. The zero-order chi connectivity index (χ0) is 15.5. The molecule has 21 heavy (non-hydrogen) atoms. The average molecular weight is 362 g/mol. The molecule has 0 heterocycles. The van der Waals surface area contributed by atoms with Crippen molar-refractivity contribution in [3.63, 3.8) is 0 Å². The van der Waals surface area contributed by atoms with Crippen LogP contribution in [0.3, 0.4) is 0 Å². The molecule has 2 N–H and O–H groups in total. The van der Waals surface area contributed by atoms with E-state index in [0.717, 1.165) is 15.8 Å². The van der Waals surface area contributed by atoms with Gasteiger partial charge in [-0.25, -0.2) is 0 Å². The molecule has 1 aromatic carbocycles. The maximum Gasteiger partial charge on any atom is 0.133 e. The van der Waals surface area contributed by atoms with Crippen LogP contribution in [0.1, 0.15) is 18.5 Å². The van der Waals surface area contributed by atoms with Gasteiger partial charge in [0.25, 0.3) is 0 Å². The fourth-order valence-corrected chi connectivity index (χ4v) is 2.10. The van der Waals surface area contributed by atoms with Gasteiger partial charge in [-0.2, -0.15) is 0 Å². The summed E-state index contributed by atoms with van der Waals surface area (Å²) in [6.45, 7) is 5.28. The Bertz CT molecular complexity index is 401. The highest BCUT2D eigenvalue weighted by molar-refractivity contribution is 9.10. The van der Waals surface area contributed by atoms with E-state index in [0.29, 0.717) is 39.6 Å². The topological polar surface area (TPSA) is 62.9 Å². The van der Waals surface area contributed by atoms with Gasteiger partial charge in [0.05, 0.1) is 37.5 Å². The highest BCUT2D eigenvalue weighted by Crippen LogP contribution is 2.27. The van der Waals surface area contributed by atoms with Crippen LogP contribution < -0.4 is 10.5 Å². The lowest BCUT2D eigenvalue weighted by atomic mass is 10.1. The molecule has 5 nitrogen and oxygen atoms in total. The molecule has 6 heteroatoms. The molecule has 0 bridgehead atoms. The molecular weight excluding hydrogens is 338 g/mol. The summed E-state index contributed by atoms with van der Waals surface area (Å²) in [4.78, 5) is 0. The highest BCUT2D eigenvalue weighted by Gasteiger charge is 2.05. The molecule has 0 amide bonds. The summed E-state index contributed by atoms with van der Waals surface area (Å²) in [5.41, 5.74) is 6.90. The second-order valence-electron chi connectivity index (χ2n) is 4.54. The van der Waals surface area contributed by atoms with Crippen molar-refractivity contribution in [2.24, 2.45) is 5.73 Å². The second kappa shape index (κ2) is 11.0. The molecule has 1 atom stereocenters. The van der Waals surface area contributed by atoms with Crippen molar-refractivity contribution >= 4 is 15.9 Å². The van der Waals surface area contributed by atoms with E-state index in [1.165, 1.54) is 0 Å². The molecule has 0 aliphatic carbocycles. The minimum absolute atomic E-state index is 0.0109. The molecule has 1 rings (SSSR count). The fourth-order valence-electron chi connectivity index (χ4n) is 1.59. The van der Waals surface area contributed by atoms with Crippen molar-refractivity contribution in [3.8, 4) is 5.75 Å². The first-order valence-corrected chi connectivity index (χ1v) is 7.76. The number of hydrogen-bond donors (Lipinski definition) is 1. The van der Waals surface area contributed by atoms with Crippen molar-refractivity contribution in [2.45, 2.75) is 13.0 Å². The number of benzene rings is 1. The number of methoxy groups -OCH3 is 1. The molecule has 0 aliphatic rings. The van der Waals surface area contributed by atoms with Gasteiger partial charge in [-0.05, 0) is 40.5 Å². The van der Waals surface area contributed by atoms with E-state index in [9.17, 15) is 0 Å². The molecule has 120 valence electrons. The van der Waals surface area contributed by atoms with E-state index in [2.05, 4.69) is 15.9 Å². The standard InChI is InChI=1S/C15H24BrNO4/c1-12(17)13-3-4-15(14(16)11-13)21-10-9-20-8-7-19-6-5-18-2/h3-4,11-12H,5-10,17H2,1-2H3. The summed E-state index contributed by atoms with van der Waals surface area (Å²) in [7, 11) is 1.65. The molecule has 0 spiro atoms. The van der Waals surface area contributed by atoms with Crippen LogP contribution in [0.25, 0.3) is 0 Å². The first kappa shape index (κ1) is 18.4. The third-order valence-electron chi connectivity index (χ3n) is 2.77. The molecule has 0 aromatic heterocycles. The number of rotatable bonds is 11. The van der Waals surface area contributed by atoms with Gasteiger partial charge in [-0.15, -0.1) is 0 Å². The Morgan fingerprint density at radius 1 is 1.05 bits per heavy atom. The van der Waals surface area contributed by atoms with E-state index in [-0.39, 0.29) is 6.04 Å². The van der Waals surface area contributed by atoms with Gasteiger partial charge in [0.2, 0.25) is 0 Å². The summed E-state index contributed by atoms with van der Waals surface area (Å²) >= 11 is 3.48. The number of hydrogen-bond acceptors (Lipinski definition) is 5. The summed E-state index contributed by atoms with van der Waals surface area (Å²) < 4.78 is 22.1. The smallest absolute Gasteiger partial charge is 0.133 e. The van der Waals surface area contributed by atoms with Crippen LogP contribution in [-0.2, 0) is 14.2 Å². The zero-order valence-electron chi connectivity index (χ0n) is 12.6. The SMILES string of the molecule is COCCOCCOCCOc1ccc(C(C)N)cc1Br. The Labute approximate surface area is 134 Å². The Hall–Kier alpha value is -0.660. The van der Waals surface area contributed by atoms with E-state index < -0.39 is 0 Å². The Morgan fingerprint density at radius 2 is 1.67 bits per heavy atom. The zero-order valence-corrected chi connectivity index (χ0v) is 14.2. The van der Waals surface area contributed by atoms with Crippen LogP contribution in [0, 0.1) is 0 Å². The summed E-state index contributed by atoms with van der Waals surface area (Å²) in [5, 5.41) is 0. The summed E-state index contributed by atoms with van der Waals surface area (Å²) in [6, 6.07) is 5.87. The Kier molecular flexibility index (Phi) is 9.62. The van der Waals surface area contributed by atoms with E-state index in [4.69, 9.17) is 24.7 Å². The van der Waals surface area contributed by atoms with E-state index in [1.54, 1.807) is 7.11 Å². The fraction of sp³-hybridized carbons (Fsp3) is 0.600. The van der Waals surface area contributed by atoms with Gasteiger partial charge < -0.3 is 24.7 Å². The lowest BCUT2D eigenvalue weighted by Crippen LogP contribution is -2.12. The summed E-state index contributed by atoms with van der Waals surface area (Å²) in [6.07, 6.45) is 0. The summed E-state index contributed by atoms with van der Waals surface area (Å²) in [5.74, 6) is 0.791. The van der Waals surface area contributed by atoms with Gasteiger partial charge >= 0.3 is 0 Å². The maximum atomic E-state index is 5.83. The molecule has 1 aromatic rings. The third kappa shape index (κ3) is 7.78. The maximum absolute atomic E-state index is 5.83. The highest BCUT2D eigenvalue weighted by atomic mass is 79.9. The van der Waals surface area contributed by atoms with Crippen LogP contribution in [0.2, 0.25) is 0 Å². The van der Waals surface area contributed by atoms with Crippen molar-refractivity contribution in [3.05, 3.63) is 28.2 Å². The van der Waals surface area contributed by atoms with Crippen LogP contribution in [0.5, 0.6) is 5.75 Å². The quantitative estimate of drug-likeness (QED) is 0.613. The van der Waals surface area contributed by atoms with Gasteiger partial charge in [0.15, 0.2) is 0 Å². The molecule has 1 unspecified atom stereocenters. The minimum Gasteiger partial charge on any atom is -0.490 e. The monoisotopic (exact) mass is 361 g/mol. The van der Waals surface area contributed by atoms with Gasteiger partial charge in [-0.3, -0.25) is 0 Å². The molecule has 0 aliphatic heterocycles. The van der Waals surface area contributed by atoms with Crippen LogP contribution >= 0.6 is 15.9 Å². The van der Waals surface area contributed by atoms with Crippen molar-refractivity contribution in [2.75, 3.05) is 46.8 Å². The predicted molar refractivity (Wildman–Crippen MR) is 85.8 cm³/mol. The van der Waals surface area contributed by atoms with Crippen molar-refractivity contribution in [1.29, 1.82) is 0 Å². The number of ether oxygens (including phenoxy) is 4. The van der Waals surface area contributed by atoms with Gasteiger partial charge in [0.1, 0.15) is 12.4 Å². The number of halogens is 1. The molecule has 0 fully saturated rings. The lowest BCUT2D eigenvalue weighted by molar-refractivity contribution is 0.0179. The van der Waals surface area contributed by atoms with Crippen LogP contribution in [0.4, 0.5) is 0 Å². The molecular formula is C15H24BrNO4. The van der Waals surface area contributed by atoms with Crippen molar-refractivity contribution in [1.82, 2.24) is 0 Å². The molecule has 0 radical (unpaired) electrons. The first-order valence-electron chi connectivity index (χ1n) is 6.97. The molecule has 0 saturated heterocycles. The Morgan fingerprint density at radius 3 is 2.24 bits per heavy atom. The van der Waals surface area contributed by atoms with Crippen LogP contribution in [0.15, 0.2) is 22.7 Å². The predicted octanol–water partition coefficient (Wildman–Crippen LogP) is 2.53. The normalized spacial score (nSPS) is 12.4. The third-order valence-corrected chi connectivity index (χ3v) is 3.39. The van der Waals surface area contributed by atoms with E-state index >= 15 is 0 Å². The first-order chi connectivity index (χ1) is 10.1. The van der Waals surface area contributed by atoms with Gasteiger partial charge in [0, 0.05) is 13.2 Å². The molecule has 0 saturated carbocycles. The Balaban J connectivity index is 2.13.